The molecule has 0 saturated carbocycles. The summed E-state index contributed by atoms with van der Waals surface area (Å²) >= 11 is 12.2. The predicted molar refractivity (Wildman–Crippen MR) is 83.8 cm³/mol. The van der Waals surface area contributed by atoms with Crippen LogP contribution in [-0.2, 0) is 13.5 Å². The quantitative estimate of drug-likeness (QED) is 0.860. The van der Waals surface area contributed by atoms with E-state index in [1.165, 1.54) is 0 Å². The molecular weight excluding hydrogens is 297 g/mol. The molecule has 0 bridgehead atoms. The maximum Gasteiger partial charge on any atom is 0.147 e. The fraction of sp³-hybridized carbons (Fsp3) is 0.385. The van der Waals surface area contributed by atoms with Crippen LogP contribution in [0.5, 0.6) is 0 Å². The Kier molecular flexibility index (Phi) is 5.09. The van der Waals surface area contributed by atoms with Crippen molar-refractivity contribution in [2.24, 2.45) is 7.05 Å². The Labute approximate surface area is 128 Å². The van der Waals surface area contributed by atoms with Gasteiger partial charge < -0.3 is 10.6 Å². The largest absolute Gasteiger partial charge is 0.369 e. The molecule has 7 heteroatoms. The molecule has 0 fully saturated rings. The normalized spacial score (nSPS) is 10.6. The minimum atomic E-state index is 0.517. The number of aromatic nitrogens is 3. The minimum Gasteiger partial charge on any atom is -0.369 e. The van der Waals surface area contributed by atoms with E-state index in [0.717, 1.165) is 25.1 Å². The summed E-state index contributed by atoms with van der Waals surface area (Å²) in [6.07, 6.45) is 4.69. The van der Waals surface area contributed by atoms with Crippen molar-refractivity contribution in [3.8, 4) is 0 Å². The monoisotopic (exact) mass is 313 g/mol. The van der Waals surface area contributed by atoms with Gasteiger partial charge in [0, 0.05) is 26.3 Å². The molecular formula is C13H17Cl2N5. The first-order chi connectivity index (χ1) is 9.60. The zero-order valence-electron chi connectivity index (χ0n) is 11.5. The van der Waals surface area contributed by atoms with Crippen LogP contribution in [-0.4, -0.2) is 27.9 Å². The number of nitrogens with zero attached hydrogens (tertiary/aromatic N) is 3. The zero-order chi connectivity index (χ0) is 14.5. The number of rotatable bonds is 6. The summed E-state index contributed by atoms with van der Waals surface area (Å²) in [6.45, 7) is 3.47. The maximum atomic E-state index is 6.13. The van der Waals surface area contributed by atoms with Gasteiger partial charge in [-0.15, -0.1) is 0 Å². The van der Waals surface area contributed by atoms with Crippen molar-refractivity contribution in [3.05, 3.63) is 34.1 Å². The Morgan fingerprint density at radius 1 is 1.20 bits per heavy atom. The number of pyridine rings is 1. The van der Waals surface area contributed by atoms with Crippen molar-refractivity contribution in [1.82, 2.24) is 14.8 Å². The highest BCUT2D eigenvalue weighted by Crippen LogP contribution is 2.29. The third kappa shape index (κ3) is 3.77. The van der Waals surface area contributed by atoms with Crippen molar-refractivity contribution in [3.63, 3.8) is 0 Å². The molecule has 2 aromatic heterocycles. The summed E-state index contributed by atoms with van der Waals surface area (Å²) in [4.78, 5) is 4.39. The molecule has 5 nitrogen and oxygen atoms in total. The van der Waals surface area contributed by atoms with Gasteiger partial charge in [-0.1, -0.05) is 23.2 Å². The molecule has 0 aliphatic carbocycles. The molecule has 0 spiro atoms. The number of anilines is 2. The highest BCUT2D eigenvalue weighted by atomic mass is 35.5. The first kappa shape index (κ1) is 14.9. The fourth-order valence-corrected chi connectivity index (χ4v) is 2.30. The van der Waals surface area contributed by atoms with Crippen LogP contribution < -0.4 is 10.6 Å². The second-order valence-electron chi connectivity index (χ2n) is 4.38. The van der Waals surface area contributed by atoms with E-state index in [-0.39, 0.29) is 0 Å². The molecule has 2 rings (SSSR count). The van der Waals surface area contributed by atoms with Crippen LogP contribution >= 0.6 is 23.2 Å². The first-order valence-electron chi connectivity index (χ1n) is 6.41. The minimum absolute atomic E-state index is 0.517. The molecule has 0 saturated heterocycles. The molecule has 0 unspecified atom stereocenters. The summed E-state index contributed by atoms with van der Waals surface area (Å²) in [7, 11) is 1.90. The molecule has 0 atom stereocenters. The van der Waals surface area contributed by atoms with Crippen LogP contribution in [0.2, 0.25) is 10.0 Å². The van der Waals surface area contributed by atoms with E-state index in [0.29, 0.717) is 21.7 Å². The number of halogens is 2. The molecule has 0 aliphatic rings. The van der Waals surface area contributed by atoms with Gasteiger partial charge >= 0.3 is 0 Å². The topological polar surface area (TPSA) is 54.8 Å². The summed E-state index contributed by atoms with van der Waals surface area (Å²) in [5.41, 5.74) is 1.16. The molecule has 108 valence electrons. The van der Waals surface area contributed by atoms with E-state index in [2.05, 4.69) is 20.7 Å². The van der Waals surface area contributed by atoms with Crippen LogP contribution in [0.3, 0.4) is 0 Å². The zero-order valence-corrected chi connectivity index (χ0v) is 13.0. The summed E-state index contributed by atoms with van der Waals surface area (Å²) in [5, 5.41) is 11.5. The average Bonchev–Trinajstić information content (AvgIpc) is 2.81. The Balaban J connectivity index is 1.99. The Morgan fingerprint density at radius 2 is 1.90 bits per heavy atom. The van der Waals surface area contributed by atoms with Crippen molar-refractivity contribution in [2.45, 2.75) is 13.3 Å². The lowest BCUT2D eigenvalue weighted by Gasteiger charge is -2.11. The molecule has 2 aromatic rings. The molecule has 0 aliphatic heterocycles. The van der Waals surface area contributed by atoms with Gasteiger partial charge in [0.2, 0.25) is 0 Å². The third-order valence-corrected chi connectivity index (χ3v) is 3.31. The van der Waals surface area contributed by atoms with Gasteiger partial charge in [-0.25, -0.2) is 4.98 Å². The van der Waals surface area contributed by atoms with Crippen molar-refractivity contribution in [1.29, 1.82) is 0 Å². The highest BCUT2D eigenvalue weighted by molar-refractivity contribution is 6.37. The predicted octanol–water partition coefficient (Wildman–Crippen LogP) is 3.21. The van der Waals surface area contributed by atoms with Crippen LogP contribution in [0.4, 0.5) is 11.6 Å². The smallest absolute Gasteiger partial charge is 0.147 e. The summed E-state index contributed by atoms with van der Waals surface area (Å²) in [5.74, 6) is 1.28. The molecule has 0 radical (unpaired) electrons. The lowest BCUT2D eigenvalue weighted by Crippen LogP contribution is -2.08. The van der Waals surface area contributed by atoms with Gasteiger partial charge in [-0.05, 0) is 25.0 Å². The van der Waals surface area contributed by atoms with Gasteiger partial charge in [0.05, 0.1) is 16.2 Å². The molecule has 20 heavy (non-hydrogen) atoms. The standard InChI is InChI=1S/C13H17Cl2N5/c1-3-16-12-10(14)6-11(15)13(19-12)17-5-4-9-7-18-20(2)8-9/h6-8H,3-5H2,1-2H3,(H2,16,17,19). The average molecular weight is 314 g/mol. The third-order valence-electron chi connectivity index (χ3n) is 2.74. The van der Waals surface area contributed by atoms with Crippen LogP contribution in [0.15, 0.2) is 18.5 Å². The van der Waals surface area contributed by atoms with E-state index >= 15 is 0 Å². The van der Waals surface area contributed by atoms with E-state index in [9.17, 15) is 0 Å². The summed E-state index contributed by atoms with van der Waals surface area (Å²) < 4.78 is 1.78. The number of nitrogens with one attached hydrogen (secondary N) is 2. The number of hydrogen-bond donors (Lipinski definition) is 2. The lowest BCUT2D eigenvalue weighted by atomic mass is 10.2. The highest BCUT2D eigenvalue weighted by Gasteiger charge is 2.08. The van der Waals surface area contributed by atoms with E-state index in [1.807, 2.05) is 26.4 Å². The Hall–Kier alpha value is -1.46. The van der Waals surface area contributed by atoms with E-state index < -0.39 is 0 Å². The SMILES string of the molecule is CCNc1nc(NCCc2cnn(C)c2)c(Cl)cc1Cl. The van der Waals surface area contributed by atoms with E-state index in [4.69, 9.17) is 23.2 Å². The molecule has 0 aromatic carbocycles. The fourth-order valence-electron chi connectivity index (χ4n) is 1.81. The summed E-state index contributed by atoms with van der Waals surface area (Å²) in [6, 6.07) is 1.69. The van der Waals surface area contributed by atoms with Gasteiger partial charge in [-0.3, -0.25) is 4.68 Å². The Bertz CT molecular complexity index is 582. The molecule has 0 amide bonds. The van der Waals surface area contributed by atoms with Crippen molar-refractivity contribution >= 4 is 34.8 Å². The van der Waals surface area contributed by atoms with Crippen LogP contribution in [0.1, 0.15) is 12.5 Å². The lowest BCUT2D eigenvalue weighted by molar-refractivity contribution is 0.767. The Morgan fingerprint density at radius 3 is 2.50 bits per heavy atom. The van der Waals surface area contributed by atoms with Crippen molar-refractivity contribution in [2.75, 3.05) is 23.7 Å². The van der Waals surface area contributed by atoms with Crippen LogP contribution in [0.25, 0.3) is 0 Å². The maximum absolute atomic E-state index is 6.13. The second-order valence-corrected chi connectivity index (χ2v) is 5.19. The molecule has 2 heterocycles. The van der Waals surface area contributed by atoms with Gasteiger partial charge in [0.25, 0.3) is 0 Å². The van der Waals surface area contributed by atoms with Gasteiger partial charge in [0.15, 0.2) is 0 Å². The molecule has 2 N–H and O–H groups in total. The van der Waals surface area contributed by atoms with Gasteiger partial charge in [0.1, 0.15) is 11.6 Å². The van der Waals surface area contributed by atoms with E-state index in [1.54, 1.807) is 10.7 Å². The van der Waals surface area contributed by atoms with Crippen LogP contribution in [0, 0.1) is 0 Å². The van der Waals surface area contributed by atoms with Crippen molar-refractivity contribution < 1.29 is 0 Å². The number of hydrogen-bond acceptors (Lipinski definition) is 4. The second kappa shape index (κ2) is 6.81. The van der Waals surface area contributed by atoms with Gasteiger partial charge in [-0.2, -0.15) is 5.10 Å². The first-order valence-corrected chi connectivity index (χ1v) is 7.17. The number of aryl methyl sites for hydroxylation is 1.